The fourth-order valence-electron chi connectivity index (χ4n) is 5.90. The van der Waals surface area contributed by atoms with E-state index in [-0.39, 0.29) is 23.1 Å². The van der Waals surface area contributed by atoms with Crippen molar-refractivity contribution in [2.24, 2.45) is 4.40 Å². The van der Waals surface area contributed by atoms with Gasteiger partial charge in [0.15, 0.2) is 0 Å². The lowest BCUT2D eigenvalue weighted by Gasteiger charge is -2.47. The summed E-state index contributed by atoms with van der Waals surface area (Å²) in [5, 5.41) is 9.92. The maximum atomic E-state index is 14.3. The van der Waals surface area contributed by atoms with Gasteiger partial charge >= 0.3 is 5.97 Å². The number of benzene rings is 3. The number of carboxylic acids is 1. The molecule has 0 radical (unpaired) electrons. The van der Waals surface area contributed by atoms with Crippen molar-refractivity contribution in [2.75, 3.05) is 6.26 Å². The summed E-state index contributed by atoms with van der Waals surface area (Å²) < 4.78 is 24.7. The monoisotopic (exact) mass is 659 g/mol. The SMILES string of the molecule is CS(O)(O)N=C1CCCC[C@H]1N1C(=O)c2ccccc2[C@H](C(=O)NOCc2cccc(C(=O)O)c2)[C@H]1c1ccc(Cl)cc1Cl. The van der Waals surface area contributed by atoms with Crippen LogP contribution < -0.4 is 5.48 Å². The van der Waals surface area contributed by atoms with Gasteiger partial charge in [-0.25, -0.2) is 10.3 Å². The summed E-state index contributed by atoms with van der Waals surface area (Å²) in [4.78, 5) is 46.9. The van der Waals surface area contributed by atoms with E-state index in [9.17, 15) is 28.6 Å². The largest absolute Gasteiger partial charge is 0.478 e. The number of carbonyl (C=O) groups excluding carboxylic acids is 2. The Hall–Kier alpha value is -3.45. The summed E-state index contributed by atoms with van der Waals surface area (Å²) in [6.45, 7) is -0.107. The maximum Gasteiger partial charge on any atom is 0.335 e. The zero-order valence-corrected chi connectivity index (χ0v) is 26.0. The van der Waals surface area contributed by atoms with Gasteiger partial charge in [0.1, 0.15) is 0 Å². The molecule has 1 fully saturated rings. The lowest BCUT2D eigenvalue weighted by Crippen LogP contribution is -2.54. The van der Waals surface area contributed by atoms with Crippen LogP contribution in [0.1, 0.15) is 75.0 Å². The van der Waals surface area contributed by atoms with Crippen LogP contribution in [-0.4, -0.2) is 54.9 Å². The zero-order valence-electron chi connectivity index (χ0n) is 23.7. The van der Waals surface area contributed by atoms with Crippen molar-refractivity contribution in [1.82, 2.24) is 10.4 Å². The summed E-state index contributed by atoms with van der Waals surface area (Å²) in [7, 11) is -3.28. The molecule has 1 saturated carbocycles. The van der Waals surface area contributed by atoms with Gasteiger partial charge in [0, 0.05) is 21.9 Å². The van der Waals surface area contributed by atoms with E-state index >= 15 is 0 Å². The molecule has 2 aliphatic rings. The average molecular weight is 661 g/mol. The molecule has 0 bridgehead atoms. The fourth-order valence-corrected chi connectivity index (χ4v) is 7.08. The van der Waals surface area contributed by atoms with Crippen molar-refractivity contribution in [3.8, 4) is 0 Å². The first-order valence-electron chi connectivity index (χ1n) is 13.9. The van der Waals surface area contributed by atoms with Gasteiger partial charge in [0.05, 0.1) is 35.9 Å². The molecular formula is C31H31Cl2N3O7S. The summed E-state index contributed by atoms with van der Waals surface area (Å²) in [5.74, 6) is -3.00. The van der Waals surface area contributed by atoms with E-state index in [0.717, 1.165) is 12.8 Å². The molecular weight excluding hydrogens is 629 g/mol. The molecule has 5 rings (SSSR count). The fraction of sp³-hybridized carbons (Fsp3) is 0.290. The number of hydrogen-bond donors (Lipinski definition) is 4. The van der Waals surface area contributed by atoms with Crippen LogP contribution in [0.2, 0.25) is 10.0 Å². The molecule has 0 unspecified atom stereocenters. The summed E-state index contributed by atoms with van der Waals surface area (Å²) >= 11 is 13.0. The Labute approximate surface area is 266 Å². The lowest BCUT2D eigenvalue weighted by molar-refractivity contribution is -0.138. The second kappa shape index (κ2) is 13.3. The van der Waals surface area contributed by atoms with E-state index < -0.39 is 40.7 Å². The van der Waals surface area contributed by atoms with Crippen molar-refractivity contribution in [2.45, 2.75) is 50.3 Å². The number of nitrogens with zero attached hydrogens (tertiary/aromatic N) is 2. The molecule has 4 N–H and O–H groups in total. The smallest absolute Gasteiger partial charge is 0.335 e. The first-order valence-corrected chi connectivity index (χ1v) is 16.5. The minimum absolute atomic E-state index is 0.0823. The van der Waals surface area contributed by atoms with Crippen molar-refractivity contribution in [1.29, 1.82) is 0 Å². The highest BCUT2D eigenvalue weighted by atomic mass is 35.5. The second-order valence-corrected chi connectivity index (χ2v) is 13.4. The van der Waals surface area contributed by atoms with Crippen LogP contribution in [0.15, 0.2) is 71.1 Å². The second-order valence-electron chi connectivity index (χ2n) is 10.8. The summed E-state index contributed by atoms with van der Waals surface area (Å²) in [6, 6.07) is 16.2. The molecule has 2 amide bonds. The van der Waals surface area contributed by atoms with Crippen molar-refractivity contribution in [3.63, 3.8) is 0 Å². The molecule has 0 saturated heterocycles. The predicted molar refractivity (Wildman–Crippen MR) is 169 cm³/mol. The molecule has 0 spiro atoms. The van der Waals surface area contributed by atoms with Gasteiger partial charge < -0.3 is 10.0 Å². The number of hydrogen-bond acceptors (Lipinski definition) is 7. The Kier molecular flexibility index (Phi) is 9.64. The van der Waals surface area contributed by atoms with E-state index in [2.05, 4.69) is 9.88 Å². The van der Waals surface area contributed by atoms with Gasteiger partial charge in [0.25, 0.3) is 11.8 Å². The molecule has 0 aromatic heterocycles. The Morgan fingerprint density at radius 1 is 1.05 bits per heavy atom. The molecule has 1 heterocycles. The topological polar surface area (TPSA) is 149 Å². The third kappa shape index (κ3) is 6.93. The van der Waals surface area contributed by atoms with Crippen molar-refractivity contribution >= 4 is 57.5 Å². The van der Waals surface area contributed by atoms with Crippen LogP contribution in [0.5, 0.6) is 0 Å². The average Bonchev–Trinajstić information content (AvgIpc) is 2.97. The van der Waals surface area contributed by atoms with E-state index in [0.29, 0.717) is 45.8 Å². The van der Waals surface area contributed by atoms with Gasteiger partial charge in [-0.05, 0) is 66.3 Å². The zero-order chi connectivity index (χ0) is 31.6. The standard InChI is InChI=1S/C31H31Cl2N3O7S/c1-44(41,42)35-25-11-4-5-12-26(25)36-28(23-14-13-20(32)16-24(23)33)27(21-9-2-3-10-22(21)30(36)38)29(37)34-43-17-18-7-6-8-19(15-18)31(39)40/h2-3,6-10,13-16,26-28,41-42H,4-5,11-12,17H2,1H3,(H,34,37)(H,39,40)/t26-,27+,28-/m1/s1. The molecule has 13 heteroatoms. The number of carboxylic acid groups (broad SMARTS) is 1. The van der Waals surface area contributed by atoms with Gasteiger partial charge in [0.2, 0.25) is 0 Å². The first-order chi connectivity index (χ1) is 20.9. The summed E-state index contributed by atoms with van der Waals surface area (Å²) in [6.07, 6.45) is 3.70. The van der Waals surface area contributed by atoms with Gasteiger partial charge in [-0.2, -0.15) is 4.40 Å². The highest BCUT2D eigenvalue weighted by molar-refractivity contribution is 8.22. The number of halogens is 2. The van der Waals surface area contributed by atoms with Crippen LogP contribution in [0.4, 0.5) is 0 Å². The molecule has 232 valence electrons. The maximum absolute atomic E-state index is 14.3. The molecule has 10 nitrogen and oxygen atoms in total. The molecule has 1 aliphatic heterocycles. The highest BCUT2D eigenvalue weighted by Crippen LogP contribution is 2.48. The first kappa shape index (κ1) is 32.0. The Balaban J connectivity index is 1.58. The minimum Gasteiger partial charge on any atom is -0.478 e. The predicted octanol–water partition coefficient (Wildman–Crippen LogP) is 6.90. The van der Waals surface area contributed by atoms with Crippen LogP contribution in [0, 0.1) is 0 Å². The van der Waals surface area contributed by atoms with E-state index in [1.165, 1.54) is 18.4 Å². The van der Waals surface area contributed by atoms with Crippen LogP contribution in [0.3, 0.4) is 0 Å². The Bertz CT molecular complexity index is 1630. The van der Waals surface area contributed by atoms with E-state index in [1.807, 2.05) is 0 Å². The highest BCUT2D eigenvalue weighted by Gasteiger charge is 2.48. The minimum atomic E-state index is -3.28. The number of hydroxylamine groups is 1. The molecule has 3 atom stereocenters. The summed E-state index contributed by atoms with van der Waals surface area (Å²) in [5.41, 5.74) is 4.85. The van der Waals surface area contributed by atoms with Gasteiger partial charge in [-0.3, -0.25) is 23.5 Å². The van der Waals surface area contributed by atoms with Crippen molar-refractivity contribution in [3.05, 3.63) is 105 Å². The number of amides is 2. The molecule has 3 aromatic carbocycles. The number of carbonyl (C=O) groups is 3. The number of aromatic carboxylic acids is 1. The van der Waals surface area contributed by atoms with Crippen LogP contribution >= 0.6 is 34.0 Å². The van der Waals surface area contributed by atoms with Crippen LogP contribution in [-0.2, 0) is 16.2 Å². The number of nitrogens with one attached hydrogen (secondary N) is 1. The third-order valence-electron chi connectivity index (χ3n) is 7.70. The number of fused-ring (bicyclic) bond motifs is 1. The quantitative estimate of drug-likeness (QED) is 0.192. The molecule has 1 aliphatic carbocycles. The van der Waals surface area contributed by atoms with Gasteiger partial charge in [-0.15, -0.1) is 10.8 Å². The van der Waals surface area contributed by atoms with Gasteiger partial charge in [-0.1, -0.05) is 66.0 Å². The van der Waals surface area contributed by atoms with E-state index in [1.54, 1.807) is 59.5 Å². The Morgan fingerprint density at radius 3 is 2.55 bits per heavy atom. The normalized spacial score (nSPS) is 21.6. The van der Waals surface area contributed by atoms with Crippen LogP contribution in [0.25, 0.3) is 0 Å². The molecule has 3 aromatic rings. The van der Waals surface area contributed by atoms with Crippen molar-refractivity contribution < 1.29 is 33.4 Å². The third-order valence-corrected chi connectivity index (χ3v) is 8.84. The van der Waals surface area contributed by atoms with E-state index in [4.69, 9.17) is 28.0 Å². The molecule has 44 heavy (non-hydrogen) atoms. The lowest BCUT2D eigenvalue weighted by atomic mass is 9.77. The number of rotatable bonds is 8. The Morgan fingerprint density at radius 2 is 1.82 bits per heavy atom.